The van der Waals surface area contributed by atoms with Gasteiger partial charge in [-0.05, 0) is 58.0 Å². The van der Waals surface area contributed by atoms with Gasteiger partial charge in [0.1, 0.15) is 0 Å². The zero-order valence-electron chi connectivity index (χ0n) is 8.71. The molecule has 2 fully saturated rings. The SMILES string of the molecule is CC(N)CC1CCN(C2CC2)CC1. The molecule has 2 heteroatoms. The molecular formula is C11H22N2. The van der Waals surface area contributed by atoms with Crippen LogP contribution in [0.1, 0.15) is 39.0 Å². The minimum Gasteiger partial charge on any atom is -0.328 e. The Morgan fingerprint density at radius 1 is 1.23 bits per heavy atom. The molecule has 76 valence electrons. The van der Waals surface area contributed by atoms with E-state index in [0.717, 1.165) is 12.0 Å². The molecular weight excluding hydrogens is 160 g/mol. The van der Waals surface area contributed by atoms with Gasteiger partial charge in [0.25, 0.3) is 0 Å². The third-order valence-corrected chi connectivity index (χ3v) is 3.42. The third-order valence-electron chi connectivity index (χ3n) is 3.42. The summed E-state index contributed by atoms with van der Waals surface area (Å²) in [5.74, 6) is 0.912. The summed E-state index contributed by atoms with van der Waals surface area (Å²) in [6, 6.07) is 1.37. The van der Waals surface area contributed by atoms with Gasteiger partial charge < -0.3 is 10.6 Å². The Morgan fingerprint density at radius 3 is 2.31 bits per heavy atom. The minimum atomic E-state index is 0.400. The second kappa shape index (κ2) is 3.97. The predicted molar refractivity (Wildman–Crippen MR) is 55.6 cm³/mol. The largest absolute Gasteiger partial charge is 0.328 e. The quantitative estimate of drug-likeness (QED) is 0.718. The summed E-state index contributed by atoms with van der Waals surface area (Å²) >= 11 is 0. The van der Waals surface area contributed by atoms with Gasteiger partial charge in [0.2, 0.25) is 0 Å². The lowest BCUT2D eigenvalue weighted by Gasteiger charge is -2.32. The lowest BCUT2D eigenvalue weighted by Crippen LogP contribution is -2.36. The third kappa shape index (κ3) is 2.68. The Morgan fingerprint density at radius 2 is 1.85 bits per heavy atom. The first-order valence-corrected chi connectivity index (χ1v) is 5.75. The first-order chi connectivity index (χ1) is 6.25. The van der Waals surface area contributed by atoms with Crippen molar-refractivity contribution in [1.29, 1.82) is 0 Å². The molecule has 2 aliphatic rings. The van der Waals surface area contributed by atoms with Crippen molar-refractivity contribution in [3.8, 4) is 0 Å². The molecule has 13 heavy (non-hydrogen) atoms. The van der Waals surface area contributed by atoms with Crippen molar-refractivity contribution in [2.24, 2.45) is 11.7 Å². The maximum absolute atomic E-state index is 5.82. The summed E-state index contributed by atoms with van der Waals surface area (Å²) in [4.78, 5) is 2.68. The van der Waals surface area contributed by atoms with Gasteiger partial charge in [0.15, 0.2) is 0 Å². The van der Waals surface area contributed by atoms with Crippen LogP contribution in [0.4, 0.5) is 0 Å². The smallest absolute Gasteiger partial charge is 0.00964 e. The molecule has 1 aliphatic heterocycles. The van der Waals surface area contributed by atoms with Crippen molar-refractivity contribution in [3.05, 3.63) is 0 Å². The molecule has 0 radical (unpaired) electrons. The number of hydrogen-bond donors (Lipinski definition) is 1. The second-order valence-electron chi connectivity index (χ2n) is 4.92. The van der Waals surface area contributed by atoms with E-state index in [2.05, 4.69) is 11.8 Å². The fourth-order valence-corrected chi connectivity index (χ4v) is 2.52. The summed E-state index contributed by atoms with van der Waals surface area (Å²) < 4.78 is 0. The summed E-state index contributed by atoms with van der Waals surface area (Å²) in [7, 11) is 0. The highest BCUT2D eigenvalue weighted by Crippen LogP contribution is 2.31. The van der Waals surface area contributed by atoms with Crippen LogP contribution < -0.4 is 5.73 Å². The van der Waals surface area contributed by atoms with Crippen LogP contribution >= 0.6 is 0 Å². The van der Waals surface area contributed by atoms with Crippen LogP contribution in [0.25, 0.3) is 0 Å². The fraction of sp³-hybridized carbons (Fsp3) is 1.00. The molecule has 1 saturated heterocycles. The molecule has 2 N–H and O–H groups in total. The van der Waals surface area contributed by atoms with Crippen molar-refractivity contribution in [1.82, 2.24) is 4.90 Å². The molecule has 0 amide bonds. The molecule has 0 bridgehead atoms. The normalized spacial score (nSPS) is 29.1. The van der Waals surface area contributed by atoms with E-state index in [1.54, 1.807) is 0 Å². The lowest BCUT2D eigenvalue weighted by molar-refractivity contribution is 0.168. The Kier molecular flexibility index (Phi) is 2.89. The van der Waals surface area contributed by atoms with Gasteiger partial charge in [0.05, 0.1) is 0 Å². The summed E-state index contributed by atoms with van der Waals surface area (Å²) in [6.07, 6.45) is 6.92. The molecule has 1 aliphatic carbocycles. The van der Waals surface area contributed by atoms with Gasteiger partial charge in [-0.2, -0.15) is 0 Å². The van der Waals surface area contributed by atoms with Crippen LogP contribution in [0.3, 0.4) is 0 Å². The number of nitrogens with zero attached hydrogens (tertiary/aromatic N) is 1. The van der Waals surface area contributed by atoms with Crippen LogP contribution in [0.2, 0.25) is 0 Å². The Balaban J connectivity index is 1.69. The van der Waals surface area contributed by atoms with Crippen LogP contribution in [-0.2, 0) is 0 Å². The molecule has 2 rings (SSSR count). The minimum absolute atomic E-state index is 0.400. The van der Waals surface area contributed by atoms with Crippen molar-refractivity contribution in [2.75, 3.05) is 13.1 Å². The van der Waals surface area contributed by atoms with Crippen LogP contribution in [0.15, 0.2) is 0 Å². The topological polar surface area (TPSA) is 29.3 Å². The number of rotatable bonds is 3. The average molecular weight is 182 g/mol. The number of likely N-dealkylation sites (tertiary alicyclic amines) is 1. The first kappa shape index (κ1) is 9.47. The molecule has 1 atom stereocenters. The van der Waals surface area contributed by atoms with Crippen molar-refractivity contribution >= 4 is 0 Å². The molecule has 1 heterocycles. The van der Waals surface area contributed by atoms with Crippen LogP contribution in [-0.4, -0.2) is 30.1 Å². The number of hydrogen-bond acceptors (Lipinski definition) is 2. The fourth-order valence-electron chi connectivity index (χ4n) is 2.52. The van der Waals surface area contributed by atoms with E-state index in [0.29, 0.717) is 6.04 Å². The number of nitrogens with two attached hydrogens (primary N) is 1. The summed E-state index contributed by atoms with van der Waals surface area (Å²) in [5, 5.41) is 0. The van der Waals surface area contributed by atoms with Crippen LogP contribution in [0, 0.1) is 5.92 Å². The standard InChI is InChI=1S/C11H22N2/c1-9(12)8-10-4-6-13(7-5-10)11-2-3-11/h9-11H,2-8,12H2,1H3. The molecule has 1 unspecified atom stereocenters. The zero-order valence-corrected chi connectivity index (χ0v) is 8.71. The van der Waals surface area contributed by atoms with Crippen molar-refractivity contribution in [2.45, 2.75) is 51.1 Å². The van der Waals surface area contributed by atoms with Crippen molar-refractivity contribution < 1.29 is 0 Å². The highest BCUT2D eigenvalue weighted by atomic mass is 15.2. The van der Waals surface area contributed by atoms with E-state index < -0.39 is 0 Å². The molecule has 2 nitrogen and oxygen atoms in total. The zero-order chi connectivity index (χ0) is 9.26. The van der Waals surface area contributed by atoms with Crippen molar-refractivity contribution in [3.63, 3.8) is 0 Å². The maximum atomic E-state index is 5.82. The molecule has 0 aromatic rings. The number of piperidine rings is 1. The van der Waals surface area contributed by atoms with Gasteiger partial charge in [-0.25, -0.2) is 0 Å². The summed E-state index contributed by atoms with van der Waals surface area (Å²) in [6.45, 7) is 4.80. The average Bonchev–Trinajstić information content (AvgIpc) is 2.87. The van der Waals surface area contributed by atoms with E-state index in [-0.39, 0.29) is 0 Å². The van der Waals surface area contributed by atoms with E-state index in [1.165, 1.54) is 45.2 Å². The maximum Gasteiger partial charge on any atom is 0.00964 e. The van der Waals surface area contributed by atoms with Gasteiger partial charge in [0, 0.05) is 12.1 Å². The van der Waals surface area contributed by atoms with E-state index in [1.807, 2.05) is 0 Å². The molecule has 0 spiro atoms. The Labute approximate surface area is 81.5 Å². The molecule has 0 aromatic carbocycles. The highest BCUT2D eigenvalue weighted by molar-refractivity contribution is 4.87. The van der Waals surface area contributed by atoms with E-state index in [4.69, 9.17) is 5.73 Å². The van der Waals surface area contributed by atoms with Gasteiger partial charge in [-0.15, -0.1) is 0 Å². The van der Waals surface area contributed by atoms with Gasteiger partial charge in [-0.1, -0.05) is 0 Å². The van der Waals surface area contributed by atoms with Gasteiger partial charge in [-0.3, -0.25) is 0 Å². The predicted octanol–water partition coefficient (Wildman–Crippen LogP) is 1.60. The first-order valence-electron chi connectivity index (χ1n) is 5.75. The summed E-state index contributed by atoms with van der Waals surface area (Å²) in [5.41, 5.74) is 5.82. The van der Waals surface area contributed by atoms with Gasteiger partial charge >= 0.3 is 0 Å². The monoisotopic (exact) mass is 182 g/mol. The second-order valence-corrected chi connectivity index (χ2v) is 4.92. The van der Waals surface area contributed by atoms with Crippen LogP contribution in [0.5, 0.6) is 0 Å². The molecule has 0 aromatic heterocycles. The Hall–Kier alpha value is -0.0800. The van der Waals surface area contributed by atoms with E-state index in [9.17, 15) is 0 Å². The van der Waals surface area contributed by atoms with E-state index >= 15 is 0 Å². The molecule has 1 saturated carbocycles. The Bertz CT molecular complexity index is 155. The highest BCUT2D eigenvalue weighted by Gasteiger charge is 2.31. The lowest BCUT2D eigenvalue weighted by atomic mass is 9.91.